The third-order valence-corrected chi connectivity index (χ3v) is 6.27. The van der Waals surface area contributed by atoms with Crippen molar-refractivity contribution in [3.63, 3.8) is 0 Å². The van der Waals surface area contributed by atoms with Crippen molar-refractivity contribution >= 4 is 43.8 Å². The Bertz CT molecular complexity index is 767. The maximum Gasteiger partial charge on any atom is 0.307 e. The second-order valence-corrected chi connectivity index (χ2v) is 8.33. The van der Waals surface area contributed by atoms with Crippen LogP contribution in [0.25, 0.3) is 0 Å². The molecule has 0 radical (unpaired) electrons. The normalized spacial score (nSPS) is 25.6. The summed E-state index contributed by atoms with van der Waals surface area (Å²) in [4.78, 5) is 21.3. The molecule has 0 heterocycles. The smallest absolute Gasteiger partial charge is 0.307 e. The number of carbonyl (C=O) groups is 2. The van der Waals surface area contributed by atoms with E-state index in [2.05, 4.69) is 31.9 Å². The SMILES string of the molecule is O=C(O)[C@@H]1C[C@H]1c1ccccc1Br.O=C(O)[C@H]1C[C@@H]1c1ccccc1Br. The summed E-state index contributed by atoms with van der Waals surface area (Å²) in [5.41, 5.74) is 2.24. The Kier molecular flexibility index (Phi) is 5.82. The fourth-order valence-corrected chi connectivity index (χ4v) is 4.33. The first kappa shape index (κ1) is 19.1. The fraction of sp³-hybridized carbons (Fsp3) is 0.300. The van der Waals surface area contributed by atoms with Crippen LogP contribution in [-0.4, -0.2) is 22.2 Å². The lowest BCUT2D eigenvalue weighted by molar-refractivity contribution is -0.139. The van der Waals surface area contributed by atoms with Crippen molar-refractivity contribution in [3.05, 3.63) is 68.6 Å². The highest BCUT2D eigenvalue weighted by Gasteiger charge is 2.45. The van der Waals surface area contributed by atoms with E-state index >= 15 is 0 Å². The average Bonchev–Trinajstić information content (AvgIpc) is 3.49. The highest BCUT2D eigenvalue weighted by molar-refractivity contribution is 9.10. The van der Waals surface area contributed by atoms with Crippen molar-refractivity contribution < 1.29 is 19.8 Å². The predicted octanol–water partition coefficient (Wildman–Crippen LogP) is 5.27. The van der Waals surface area contributed by atoms with Crippen LogP contribution in [0.15, 0.2) is 57.5 Å². The number of carboxylic acids is 2. The fourth-order valence-electron chi connectivity index (χ4n) is 3.17. The molecule has 0 unspecified atom stereocenters. The van der Waals surface area contributed by atoms with Crippen LogP contribution in [0, 0.1) is 11.8 Å². The second-order valence-electron chi connectivity index (χ2n) is 6.62. The van der Waals surface area contributed by atoms with Gasteiger partial charge in [-0.15, -0.1) is 0 Å². The van der Waals surface area contributed by atoms with Gasteiger partial charge in [0.2, 0.25) is 0 Å². The van der Waals surface area contributed by atoms with E-state index in [-0.39, 0.29) is 23.7 Å². The molecule has 0 amide bonds. The molecule has 6 heteroatoms. The number of carboxylic acid groups (broad SMARTS) is 2. The van der Waals surface area contributed by atoms with E-state index in [9.17, 15) is 9.59 Å². The van der Waals surface area contributed by atoms with Crippen LogP contribution in [0.5, 0.6) is 0 Å². The Morgan fingerprint density at radius 3 is 1.35 bits per heavy atom. The lowest BCUT2D eigenvalue weighted by atomic mass is 10.1. The van der Waals surface area contributed by atoms with Gasteiger partial charge in [-0.05, 0) is 47.9 Å². The molecule has 2 aromatic carbocycles. The summed E-state index contributed by atoms with van der Waals surface area (Å²) in [6.07, 6.45) is 1.55. The lowest BCUT2D eigenvalue weighted by Gasteiger charge is -2.00. The van der Waals surface area contributed by atoms with E-state index in [1.54, 1.807) is 0 Å². The summed E-state index contributed by atoms with van der Waals surface area (Å²) in [6.45, 7) is 0. The van der Waals surface area contributed by atoms with Crippen molar-refractivity contribution in [2.75, 3.05) is 0 Å². The summed E-state index contributed by atoms with van der Waals surface area (Å²) in [7, 11) is 0. The highest BCUT2D eigenvalue weighted by Crippen LogP contribution is 2.50. The molecular formula is C20H18Br2O4. The van der Waals surface area contributed by atoms with Gasteiger partial charge in [-0.25, -0.2) is 0 Å². The quantitative estimate of drug-likeness (QED) is 0.623. The zero-order valence-corrected chi connectivity index (χ0v) is 17.0. The molecule has 2 fully saturated rings. The second kappa shape index (κ2) is 7.92. The minimum atomic E-state index is -0.680. The van der Waals surface area contributed by atoms with Gasteiger partial charge in [0.25, 0.3) is 0 Å². The summed E-state index contributed by atoms with van der Waals surface area (Å²) in [6, 6.07) is 15.6. The molecular weight excluding hydrogens is 464 g/mol. The first-order valence-electron chi connectivity index (χ1n) is 8.34. The van der Waals surface area contributed by atoms with Gasteiger partial charge in [0.1, 0.15) is 0 Å². The molecule has 136 valence electrons. The third-order valence-electron chi connectivity index (χ3n) is 4.82. The molecule has 0 bridgehead atoms. The van der Waals surface area contributed by atoms with Crippen LogP contribution >= 0.6 is 31.9 Å². The standard InChI is InChI=1S/2C10H9BrO2/c2*11-9-4-2-1-3-6(9)7-5-8(7)10(12)13/h2*1-4,7-8H,5H2,(H,12,13)/t2*7-,8+/m10/s1. The maximum atomic E-state index is 10.6. The minimum absolute atomic E-state index is 0.168. The molecule has 0 aromatic heterocycles. The first-order valence-corrected chi connectivity index (χ1v) is 9.93. The predicted molar refractivity (Wildman–Crippen MR) is 105 cm³/mol. The van der Waals surface area contributed by atoms with Gasteiger partial charge < -0.3 is 10.2 Å². The van der Waals surface area contributed by atoms with Gasteiger partial charge in [0.05, 0.1) is 11.8 Å². The van der Waals surface area contributed by atoms with E-state index in [4.69, 9.17) is 10.2 Å². The first-order chi connectivity index (χ1) is 12.4. The van der Waals surface area contributed by atoms with E-state index in [1.807, 2.05) is 48.5 Å². The molecule has 4 nitrogen and oxygen atoms in total. The van der Waals surface area contributed by atoms with Gasteiger partial charge in [-0.3, -0.25) is 9.59 Å². The van der Waals surface area contributed by atoms with Crippen LogP contribution in [0.2, 0.25) is 0 Å². The number of halogens is 2. The zero-order valence-electron chi connectivity index (χ0n) is 13.8. The largest absolute Gasteiger partial charge is 0.481 e. The number of benzene rings is 2. The van der Waals surface area contributed by atoms with Gasteiger partial charge in [0.15, 0.2) is 0 Å². The van der Waals surface area contributed by atoms with Crippen LogP contribution < -0.4 is 0 Å². The van der Waals surface area contributed by atoms with Crippen molar-refractivity contribution in [2.24, 2.45) is 11.8 Å². The zero-order chi connectivity index (χ0) is 18.8. The number of hydrogen-bond donors (Lipinski definition) is 2. The minimum Gasteiger partial charge on any atom is -0.481 e. The number of aliphatic carboxylic acids is 2. The van der Waals surface area contributed by atoms with Gasteiger partial charge in [-0.2, -0.15) is 0 Å². The van der Waals surface area contributed by atoms with Crippen LogP contribution in [0.4, 0.5) is 0 Å². The highest BCUT2D eigenvalue weighted by atomic mass is 79.9. The topological polar surface area (TPSA) is 74.6 Å². The van der Waals surface area contributed by atoms with E-state index in [0.29, 0.717) is 0 Å². The van der Waals surface area contributed by atoms with E-state index in [0.717, 1.165) is 32.9 Å². The Balaban J connectivity index is 0.000000151. The monoisotopic (exact) mass is 480 g/mol. The number of hydrogen-bond acceptors (Lipinski definition) is 2. The molecule has 2 aliphatic carbocycles. The Hall–Kier alpha value is -1.66. The Labute approximate surface area is 168 Å². The maximum absolute atomic E-state index is 10.6. The molecule has 2 aromatic rings. The van der Waals surface area contributed by atoms with Crippen molar-refractivity contribution in [2.45, 2.75) is 24.7 Å². The van der Waals surface area contributed by atoms with E-state index in [1.165, 1.54) is 0 Å². The van der Waals surface area contributed by atoms with Crippen molar-refractivity contribution in [1.29, 1.82) is 0 Å². The molecule has 0 aliphatic heterocycles. The summed E-state index contributed by atoms with van der Waals surface area (Å²) < 4.78 is 2.03. The number of rotatable bonds is 4. The van der Waals surface area contributed by atoms with Crippen LogP contribution in [0.3, 0.4) is 0 Å². The van der Waals surface area contributed by atoms with Gasteiger partial charge in [-0.1, -0.05) is 68.3 Å². The molecule has 2 saturated carbocycles. The molecule has 4 atom stereocenters. The lowest BCUT2D eigenvalue weighted by Crippen LogP contribution is -1.99. The van der Waals surface area contributed by atoms with E-state index < -0.39 is 11.9 Å². The van der Waals surface area contributed by atoms with Crippen LogP contribution in [-0.2, 0) is 9.59 Å². The summed E-state index contributed by atoms with van der Waals surface area (Å²) in [5.74, 6) is -1.26. The Morgan fingerprint density at radius 1 is 0.731 bits per heavy atom. The summed E-state index contributed by atoms with van der Waals surface area (Å²) >= 11 is 6.84. The van der Waals surface area contributed by atoms with Gasteiger partial charge in [0, 0.05) is 8.95 Å². The summed E-state index contributed by atoms with van der Waals surface area (Å²) in [5, 5.41) is 17.5. The third kappa shape index (κ3) is 4.35. The molecule has 2 aliphatic rings. The van der Waals surface area contributed by atoms with Gasteiger partial charge >= 0.3 is 11.9 Å². The molecule has 0 saturated heterocycles. The molecule has 2 N–H and O–H groups in total. The van der Waals surface area contributed by atoms with Crippen LogP contribution in [0.1, 0.15) is 35.8 Å². The molecule has 26 heavy (non-hydrogen) atoms. The van der Waals surface area contributed by atoms with Crippen molar-refractivity contribution in [1.82, 2.24) is 0 Å². The molecule has 0 spiro atoms. The average molecular weight is 482 g/mol. The molecule has 4 rings (SSSR count). The Morgan fingerprint density at radius 2 is 1.08 bits per heavy atom. The van der Waals surface area contributed by atoms with Crippen molar-refractivity contribution in [3.8, 4) is 0 Å².